The first-order valence-electron chi connectivity index (χ1n) is 9.69. The van der Waals surface area contributed by atoms with Gasteiger partial charge in [0, 0.05) is 51.4 Å². The van der Waals surface area contributed by atoms with Crippen LogP contribution in [-0.4, -0.2) is 58.0 Å². The topological polar surface area (TPSA) is 75.1 Å². The number of amides is 2. The second-order valence-corrected chi connectivity index (χ2v) is 8.06. The highest BCUT2D eigenvalue weighted by Gasteiger charge is 2.43. The van der Waals surface area contributed by atoms with Crippen molar-refractivity contribution in [1.82, 2.24) is 14.8 Å². The van der Waals surface area contributed by atoms with Crippen LogP contribution in [0, 0.1) is 5.41 Å². The smallest absolute Gasteiger partial charge is 0.266 e. The van der Waals surface area contributed by atoms with Crippen LogP contribution >= 0.6 is 0 Å². The fourth-order valence-electron chi connectivity index (χ4n) is 4.40. The maximum atomic E-state index is 12.6. The molecular weight excluding hydrogens is 344 g/mol. The Labute approximate surface area is 159 Å². The molecule has 3 aliphatic rings. The van der Waals surface area contributed by atoms with Crippen LogP contribution in [0.5, 0.6) is 0 Å². The van der Waals surface area contributed by atoms with Crippen LogP contribution in [0.25, 0.3) is 0 Å². The minimum atomic E-state index is -0.450. The molecule has 4 rings (SSSR count). The van der Waals surface area contributed by atoms with Gasteiger partial charge in [0.15, 0.2) is 0 Å². The summed E-state index contributed by atoms with van der Waals surface area (Å²) in [5.74, 6) is 0.263. The molecule has 0 N–H and O–H groups in total. The van der Waals surface area contributed by atoms with Crippen molar-refractivity contribution in [2.75, 3.05) is 19.6 Å². The molecule has 0 aromatic carbocycles. The second kappa shape index (κ2) is 7.29. The van der Waals surface area contributed by atoms with E-state index in [1.54, 1.807) is 6.20 Å². The van der Waals surface area contributed by atoms with E-state index >= 15 is 0 Å². The SMILES string of the molecule is CC1=NOC(C(=O)N2CCC3(CCC(=O)N(Cc4cccnc4)C3)CC2)C1. The molecule has 1 unspecified atom stereocenters. The van der Waals surface area contributed by atoms with Crippen molar-refractivity contribution in [2.24, 2.45) is 10.6 Å². The summed E-state index contributed by atoms with van der Waals surface area (Å²) in [7, 11) is 0. The van der Waals surface area contributed by atoms with Gasteiger partial charge in [-0.25, -0.2) is 0 Å². The van der Waals surface area contributed by atoms with Crippen LogP contribution in [0.4, 0.5) is 0 Å². The van der Waals surface area contributed by atoms with Crippen molar-refractivity contribution in [3.05, 3.63) is 30.1 Å². The van der Waals surface area contributed by atoms with Crippen LogP contribution in [0.2, 0.25) is 0 Å². The van der Waals surface area contributed by atoms with Crippen LogP contribution < -0.4 is 0 Å². The van der Waals surface area contributed by atoms with E-state index in [4.69, 9.17) is 4.84 Å². The minimum absolute atomic E-state index is 0.0459. The molecule has 1 atom stereocenters. The number of carbonyl (C=O) groups is 2. The van der Waals surface area contributed by atoms with E-state index in [2.05, 4.69) is 10.1 Å². The molecule has 4 heterocycles. The van der Waals surface area contributed by atoms with E-state index < -0.39 is 6.10 Å². The third-order valence-electron chi connectivity index (χ3n) is 6.07. The Morgan fingerprint density at radius 3 is 2.81 bits per heavy atom. The Morgan fingerprint density at radius 2 is 2.15 bits per heavy atom. The Hall–Kier alpha value is -2.44. The van der Waals surface area contributed by atoms with Crippen molar-refractivity contribution in [2.45, 2.75) is 51.7 Å². The summed E-state index contributed by atoms with van der Waals surface area (Å²) in [6.45, 7) is 4.72. The number of carbonyl (C=O) groups excluding carboxylic acids is 2. The van der Waals surface area contributed by atoms with E-state index in [0.717, 1.165) is 50.2 Å². The van der Waals surface area contributed by atoms with Crippen LogP contribution in [-0.2, 0) is 21.0 Å². The summed E-state index contributed by atoms with van der Waals surface area (Å²) in [5.41, 5.74) is 2.05. The van der Waals surface area contributed by atoms with Gasteiger partial charge < -0.3 is 14.6 Å². The molecule has 2 fully saturated rings. The third-order valence-corrected chi connectivity index (χ3v) is 6.07. The minimum Gasteiger partial charge on any atom is -0.382 e. The lowest BCUT2D eigenvalue weighted by molar-refractivity contribution is -0.148. The van der Waals surface area contributed by atoms with Crippen molar-refractivity contribution < 1.29 is 14.4 Å². The number of likely N-dealkylation sites (tertiary alicyclic amines) is 2. The van der Waals surface area contributed by atoms with Crippen LogP contribution in [0.15, 0.2) is 29.7 Å². The highest BCUT2D eigenvalue weighted by molar-refractivity contribution is 5.91. The summed E-state index contributed by atoms with van der Waals surface area (Å²) >= 11 is 0. The number of rotatable bonds is 3. The Bertz CT molecular complexity index is 741. The summed E-state index contributed by atoms with van der Waals surface area (Å²) < 4.78 is 0. The van der Waals surface area contributed by atoms with Crippen molar-refractivity contribution in [3.8, 4) is 0 Å². The molecule has 0 saturated carbocycles. The van der Waals surface area contributed by atoms with Crippen molar-refractivity contribution in [3.63, 3.8) is 0 Å². The molecule has 3 aliphatic heterocycles. The van der Waals surface area contributed by atoms with E-state index in [1.807, 2.05) is 35.1 Å². The number of pyridine rings is 1. The molecule has 0 bridgehead atoms. The van der Waals surface area contributed by atoms with E-state index in [-0.39, 0.29) is 17.2 Å². The van der Waals surface area contributed by atoms with Gasteiger partial charge >= 0.3 is 0 Å². The van der Waals surface area contributed by atoms with Crippen molar-refractivity contribution in [1.29, 1.82) is 0 Å². The normalized spacial score (nSPS) is 24.7. The first-order chi connectivity index (χ1) is 13.0. The standard InChI is InChI=1S/C20H26N4O3/c1-15-11-17(27-22-15)19(26)23-9-6-20(7-10-23)5-4-18(25)24(14-20)13-16-3-2-8-21-12-16/h2-3,8,12,17H,4-7,9-11,13-14H2,1H3. The molecule has 27 heavy (non-hydrogen) atoms. The molecule has 2 saturated heterocycles. The number of hydrogen-bond donors (Lipinski definition) is 0. The van der Waals surface area contributed by atoms with Gasteiger partial charge in [-0.05, 0) is 43.2 Å². The maximum Gasteiger partial charge on any atom is 0.266 e. The molecular formula is C20H26N4O3. The Balaban J connectivity index is 1.36. The van der Waals surface area contributed by atoms with Gasteiger partial charge in [0.2, 0.25) is 12.0 Å². The van der Waals surface area contributed by atoms with E-state index in [1.165, 1.54) is 0 Å². The molecule has 7 heteroatoms. The van der Waals surface area contributed by atoms with Gasteiger partial charge in [-0.3, -0.25) is 14.6 Å². The monoisotopic (exact) mass is 370 g/mol. The largest absolute Gasteiger partial charge is 0.382 e. The molecule has 0 aliphatic carbocycles. The molecule has 1 aromatic rings. The number of aromatic nitrogens is 1. The Kier molecular flexibility index (Phi) is 4.85. The zero-order valence-corrected chi connectivity index (χ0v) is 15.8. The molecule has 0 radical (unpaired) electrons. The highest BCUT2D eigenvalue weighted by Crippen LogP contribution is 2.40. The first-order valence-corrected chi connectivity index (χ1v) is 9.69. The number of oxime groups is 1. The van der Waals surface area contributed by atoms with Crippen LogP contribution in [0.1, 0.15) is 44.6 Å². The maximum absolute atomic E-state index is 12.6. The molecule has 2 amide bonds. The fraction of sp³-hybridized carbons (Fsp3) is 0.600. The zero-order chi connectivity index (χ0) is 18.9. The summed E-state index contributed by atoms with van der Waals surface area (Å²) in [5, 5.41) is 3.89. The van der Waals surface area contributed by atoms with Gasteiger partial charge in [0.05, 0.1) is 5.71 Å². The molecule has 7 nitrogen and oxygen atoms in total. The van der Waals surface area contributed by atoms with Gasteiger partial charge in [0.1, 0.15) is 0 Å². The van der Waals surface area contributed by atoms with Crippen LogP contribution in [0.3, 0.4) is 0 Å². The number of nitrogens with zero attached hydrogens (tertiary/aromatic N) is 4. The quantitative estimate of drug-likeness (QED) is 0.815. The fourth-order valence-corrected chi connectivity index (χ4v) is 4.40. The van der Waals surface area contributed by atoms with Gasteiger partial charge in [-0.2, -0.15) is 0 Å². The zero-order valence-electron chi connectivity index (χ0n) is 15.8. The average molecular weight is 370 g/mol. The lowest BCUT2D eigenvalue weighted by atomic mass is 9.72. The predicted octanol–water partition coefficient (Wildman–Crippen LogP) is 1.98. The molecule has 144 valence electrons. The lowest BCUT2D eigenvalue weighted by Gasteiger charge is -2.47. The van der Waals surface area contributed by atoms with Gasteiger partial charge in [0.25, 0.3) is 5.91 Å². The number of hydrogen-bond acceptors (Lipinski definition) is 5. The first kappa shape index (κ1) is 17.9. The molecule has 1 spiro atoms. The highest BCUT2D eigenvalue weighted by atomic mass is 16.6. The van der Waals surface area contributed by atoms with Gasteiger partial charge in [-0.1, -0.05) is 11.2 Å². The molecule has 1 aromatic heterocycles. The predicted molar refractivity (Wildman–Crippen MR) is 99.7 cm³/mol. The van der Waals surface area contributed by atoms with E-state index in [9.17, 15) is 9.59 Å². The average Bonchev–Trinajstić information content (AvgIpc) is 3.12. The van der Waals surface area contributed by atoms with Gasteiger partial charge in [-0.15, -0.1) is 0 Å². The summed E-state index contributed by atoms with van der Waals surface area (Å²) in [6.07, 6.45) is 7.08. The van der Waals surface area contributed by atoms with E-state index in [0.29, 0.717) is 19.4 Å². The number of piperidine rings is 2. The van der Waals surface area contributed by atoms with Crippen molar-refractivity contribution >= 4 is 17.5 Å². The third kappa shape index (κ3) is 3.82. The Morgan fingerprint density at radius 1 is 1.33 bits per heavy atom. The summed E-state index contributed by atoms with van der Waals surface area (Å²) in [6, 6.07) is 3.91. The lowest BCUT2D eigenvalue weighted by Crippen LogP contribution is -2.53. The summed E-state index contributed by atoms with van der Waals surface area (Å²) in [4.78, 5) is 38.3. The second-order valence-electron chi connectivity index (χ2n) is 8.06.